The summed E-state index contributed by atoms with van der Waals surface area (Å²) >= 11 is 12.2. The normalized spacial score (nSPS) is 14.3. The van der Waals surface area contributed by atoms with Crippen LogP contribution in [0.2, 0.25) is 10.0 Å². The second-order valence-electron chi connectivity index (χ2n) is 4.44. The number of imidazole rings is 1. The summed E-state index contributed by atoms with van der Waals surface area (Å²) in [4.78, 5) is 7.84. The molecule has 1 aliphatic carbocycles. The summed E-state index contributed by atoms with van der Waals surface area (Å²) < 4.78 is 0. The molecule has 0 unspecified atom stereocenters. The van der Waals surface area contributed by atoms with Crippen molar-refractivity contribution in [1.82, 2.24) is 9.97 Å². The number of H-pyrrole nitrogens is 1. The van der Waals surface area contributed by atoms with Crippen molar-refractivity contribution in [3.05, 3.63) is 39.6 Å². The molecule has 2 N–H and O–H groups in total. The monoisotopic (exact) mass is 281 g/mol. The van der Waals surface area contributed by atoms with Gasteiger partial charge in [-0.3, -0.25) is 0 Å². The second kappa shape index (κ2) is 4.82. The molecule has 0 saturated heterocycles. The molecular weight excluding hydrogens is 269 g/mol. The Labute approximate surface area is 116 Å². The summed E-state index contributed by atoms with van der Waals surface area (Å²) in [5.41, 5.74) is 3.09. The summed E-state index contributed by atoms with van der Waals surface area (Å²) in [5, 5.41) is 4.36. The average molecular weight is 282 g/mol. The first-order valence-corrected chi connectivity index (χ1v) is 6.78. The van der Waals surface area contributed by atoms with Crippen LogP contribution in [0.3, 0.4) is 0 Å². The maximum absolute atomic E-state index is 6.12. The van der Waals surface area contributed by atoms with Gasteiger partial charge in [-0.05, 0) is 37.8 Å². The number of nitrogens with one attached hydrogen (secondary N) is 2. The standard InChI is InChI=1S/C13H13Cl2N3/c14-8-4-3-5-9(15)12(8)18-13-16-10-6-1-2-7-11(10)17-13/h3-5H,1-2,6-7H2,(H2,16,17,18). The van der Waals surface area contributed by atoms with E-state index in [-0.39, 0.29) is 0 Å². The molecular formula is C13H13Cl2N3. The largest absolute Gasteiger partial charge is 0.328 e. The molecule has 1 aromatic heterocycles. The van der Waals surface area contributed by atoms with E-state index in [4.69, 9.17) is 23.2 Å². The molecule has 94 valence electrons. The zero-order valence-corrected chi connectivity index (χ0v) is 11.3. The summed E-state index contributed by atoms with van der Waals surface area (Å²) in [6.07, 6.45) is 4.55. The molecule has 1 aromatic carbocycles. The van der Waals surface area contributed by atoms with Gasteiger partial charge in [-0.1, -0.05) is 29.3 Å². The van der Waals surface area contributed by atoms with Gasteiger partial charge in [0.05, 0.1) is 21.4 Å². The predicted molar refractivity (Wildman–Crippen MR) is 75.0 cm³/mol. The molecule has 0 spiro atoms. The Balaban J connectivity index is 1.90. The van der Waals surface area contributed by atoms with Crippen LogP contribution < -0.4 is 5.32 Å². The van der Waals surface area contributed by atoms with Crippen molar-refractivity contribution >= 4 is 34.8 Å². The Bertz CT molecular complexity index is 534. The Hall–Kier alpha value is -1.19. The van der Waals surface area contributed by atoms with Gasteiger partial charge in [0.2, 0.25) is 5.95 Å². The first-order valence-electron chi connectivity index (χ1n) is 6.03. The van der Waals surface area contributed by atoms with Crippen molar-refractivity contribution in [3.8, 4) is 0 Å². The van der Waals surface area contributed by atoms with Gasteiger partial charge < -0.3 is 10.3 Å². The minimum absolute atomic E-state index is 0.594. The lowest BCUT2D eigenvalue weighted by Crippen LogP contribution is -2.00. The van der Waals surface area contributed by atoms with E-state index >= 15 is 0 Å². The number of hydrogen-bond donors (Lipinski definition) is 2. The molecule has 2 aromatic rings. The topological polar surface area (TPSA) is 40.7 Å². The zero-order valence-electron chi connectivity index (χ0n) is 9.76. The van der Waals surface area contributed by atoms with E-state index in [1.807, 2.05) is 6.07 Å². The third-order valence-corrected chi connectivity index (χ3v) is 3.79. The van der Waals surface area contributed by atoms with Crippen molar-refractivity contribution in [3.63, 3.8) is 0 Å². The first-order chi connectivity index (χ1) is 8.74. The fourth-order valence-corrected chi connectivity index (χ4v) is 2.74. The molecule has 5 heteroatoms. The Morgan fingerprint density at radius 2 is 1.83 bits per heavy atom. The van der Waals surface area contributed by atoms with Crippen LogP contribution in [0, 0.1) is 0 Å². The Morgan fingerprint density at radius 1 is 1.11 bits per heavy atom. The third-order valence-electron chi connectivity index (χ3n) is 3.16. The van der Waals surface area contributed by atoms with E-state index in [2.05, 4.69) is 15.3 Å². The van der Waals surface area contributed by atoms with E-state index in [1.165, 1.54) is 18.5 Å². The highest BCUT2D eigenvalue weighted by molar-refractivity contribution is 6.39. The van der Waals surface area contributed by atoms with Crippen LogP contribution in [-0.4, -0.2) is 9.97 Å². The van der Waals surface area contributed by atoms with E-state index in [9.17, 15) is 0 Å². The number of nitrogens with zero attached hydrogens (tertiary/aromatic N) is 1. The number of anilines is 2. The van der Waals surface area contributed by atoms with Gasteiger partial charge in [0.1, 0.15) is 0 Å². The van der Waals surface area contributed by atoms with Crippen molar-refractivity contribution in [2.24, 2.45) is 0 Å². The number of halogens is 2. The quantitative estimate of drug-likeness (QED) is 0.860. The summed E-state index contributed by atoms with van der Waals surface area (Å²) in [6, 6.07) is 5.43. The van der Waals surface area contributed by atoms with E-state index < -0.39 is 0 Å². The molecule has 0 bridgehead atoms. The lowest BCUT2D eigenvalue weighted by molar-refractivity contribution is 0.667. The molecule has 0 fully saturated rings. The fourth-order valence-electron chi connectivity index (χ4n) is 2.25. The smallest absolute Gasteiger partial charge is 0.205 e. The zero-order chi connectivity index (χ0) is 12.5. The number of fused-ring (bicyclic) bond motifs is 1. The minimum atomic E-state index is 0.594. The predicted octanol–water partition coefficient (Wildman–Crippen LogP) is 4.34. The number of rotatable bonds is 2. The van der Waals surface area contributed by atoms with Gasteiger partial charge in [-0.15, -0.1) is 0 Å². The van der Waals surface area contributed by atoms with Gasteiger partial charge in [0.25, 0.3) is 0 Å². The molecule has 1 aliphatic rings. The molecule has 0 aliphatic heterocycles. The molecule has 3 rings (SSSR count). The van der Waals surface area contributed by atoms with E-state index in [0.717, 1.165) is 24.5 Å². The highest BCUT2D eigenvalue weighted by Gasteiger charge is 2.15. The molecule has 18 heavy (non-hydrogen) atoms. The van der Waals surface area contributed by atoms with Crippen molar-refractivity contribution in [2.75, 3.05) is 5.32 Å². The summed E-state index contributed by atoms with van der Waals surface area (Å²) in [6.45, 7) is 0. The van der Waals surface area contributed by atoms with Crippen LogP contribution in [0.15, 0.2) is 18.2 Å². The number of hydrogen-bond acceptors (Lipinski definition) is 2. The molecule has 0 amide bonds. The van der Waals surface area contributed by atoms with E-state index in [1.54, 1.807) is 12.1 Å². The maximum atomic E-state index is 6.12. The summed E-state index contributed by atoms with van der Waals surface area (Å²) in [5.74, 6) is 0.719. The van der Waals surface area contributed by atoms with Gasteiger partial charge >= 0.3 is 0 Å². The summed E-state index contributed by atoms with van der Waals surface area (Å²) in [7, 11) is 0. The molecule has 0 saturated carbocycles. The van der Waals surface area contributed by atoms with Gasteiger partial charge in [-0.25, -0.2) is 4.98 Å². The average Bonchev–Trinajstić information content (AvgIpc) is 2.76. The first kappa shape index (κ1) is 11.9. The van der Waals surface area contributed by atoms with Crippen LogP contribution in [0.5, 0.6) is 0 Å². The van der Waals surface area contributed by atoms with Crippen LogP contribution in [0.25, 0.3) is 0 Å². The van der Waals surface area contributed by atoms with Gasteiger partial charge in [0, 0.05) is 5.69 Å². The number of aromatic amines is 1. The van der Waals surface area contributed by atoms with Crippen molar-refractivity contribution in [2.45, 2.75) is 25.7 Å². The SMILES string of the molecule is Clc1cccc(Cl)c1Nc1nc2c([nH]1)CCCC2. The van der Waals surface area contributed by atoms with E-state index in [0.29, 0.717) is 15.7 Å². The number of aromatic nitrogens is 2. The molecule has 1 heterocycles. The van der Waals surface area contributed by atoms with Gasteiger partial charge in [0.15, 0.2) is 0 Å². The lowest BCUT2D eigenvalue weighted by atomic mass is 10.0. The van der Waals surface area contributed by atoms with Crippen molar-refractivity contribution < 1.29 is 0 Å². The van der Waals surface area contributed by atoms with Crippen LogP contribution in [0.4, 0.5) is 11.6 Å². The van der Waals surface area contributed by atoms with Crippen LogP contribution in [-0.2, 0) is 12.8 Å². The number of aryl methyl sites for hydroxylation is 2. The Morgan fingerprint density at radius 3 is 2.56 bits per heavy atom. The Kier molecular flexibility index (Phi) is 3.18. The highest BCUT2D eigenvalue weighted by atomic mass is 35.5. The van der Waals surface area contributed by atoms with Crippen LogP contribution in [0.1, 0.15) is 24.2 Å². The molecule has 0 atom stereocenters. The molecule has 3 nitrogen and oxygen atoms in total. The number of benzene rings is 1. The van der Waals surface area contributed by atoms with Gasteiger partial charge in [-0.2, -0.15) is 0 Å². The maximum Gasteiger partial charge on any atom is 0.205 e. The second-order valence-corrected chi connectivity index (χ2v) is 5.25. The third kappa shape index (κ3) is 2.20. The highest BCUT2D eigenvalue weighted by Crippen LogP contribution is 2.32. The molecule has 0 radical (unpaired) electrons. The fraction of sp³-hybridized carbons (Fsp3) is 0.308. The number of para-hydroxylation sites is 1. The van der Waals surface area contributed by atoms with Crippen LogP contribution >= 0.6 is 23.2 Å². The van der Waals surface area contributed by atoms with Crippen molar-refractivity contribution in [1.29, 1.82) is 0 Å². The minimum Gasteiger partial charge on any atom is -0.328 e. The lowest BCUT2D eigenvalue weighted by Gasteiger charge is -2.07.